The van der Waals surface area contributed by atoms with E-state index in [1.807, 2.05) is 6.92 Å². The van der Waals surface area contributed by atoms with Crippen LogP contribution in [0, 0.1) is 6.92 Å². The number of halogens is 1. The van der Waals surface area contributed by atoms with E-state index in [0.29, 0.717) is 6.04 Å². The number of nitrogens with two attached hydrogens (primary N) is 1. The number of hydrogen-bond acceptors (Lipinski definition) is 4. The number of likely N-dealkylation sites (N-methyl/N-ethyl adjacent to an activating group) is 1. The molecule has 4 nitrogen and oxygen atoms in total. The molecule has 0 aromatic carbocycles. The van der Waals surface area contributed by atoms with Crippen molar-refractivity contribution in [1.82, 2.24) is 9.88 Å². The van der Waals surface area contributed by atoms with E-state index in [2.05, 4.69) is 44.8 Å². The Bertz CT molecular complexity index is 419. The molecule has 0 aliphatic carbocycles. The Labute approximate surface area is 111 Å². The largest absolute Gasteiger partial charge is 0.397 e. The summed E-state index contributed by atoms with van der Waals surface area (Å²) in [7, 11) is 4.26. The predicted molar refractivity (Wildman–Crippen MR) is 75.4 cm³/mol. The van der Waals surface area contributed by atoms with Gasteiger partial charge in [-0.2, -0.15) is 0 Å². The fourth-order valence-electron chi connectivity index (χ4n) is 2.15. The van der Waals surface area contributed by atoms with E-state index >= 15 is 0 Å². The third-order valence-corrected chi connectivity index (χ3v) is 4.43. The van der Waals surface area contributed by atoms with Crippen molar-refractivity contribution in [2.75, 3.05) is 37.8 Å². The van der Waals surface area contributed by atoms with Crippen molar-refractivity contribution in [3.63, 3.8) is 0 Å². The molecule has 1 unspecified atom stereocenters. The first-order valence-corrected chi connectivity index (χ1v) is 6.62. The molecule has 0 radical (unpaired) electrons. The van der Waals surface area contributed by atoms with E-state index in [1.54, 1.807) is 6.20 Å². The SMILES string of the molecule is Cc1c(N)cnc(N2CCC(N(C)C)C2)c1Br. The highest BCUT2D eigenvalue weighted by molar-refractivity contribution is 9.10. The number of nitrogen functional groups attached to an aromatic ring is 1. The minimum absolute atomic E-state index is 0.613. The summed E-state index contributed by atoms with van der Waals surface area (Å²) in [6, 6.07) is 0.613. The van der Waals surface area contributed by atoms with Gasteiger partial charge in [0, 0.05) is 19.1 Å². The van der Waals surface area contributed by atoms with Crippen molar-refractivity contribution in [3.05, 3.63) is 16.2 Å². The molecule has 0 spiro atoms. The highest BCUT2D eigenvalue weighted by Gasteiger charge is 2.26. The van der Waals surface area contributed by atoms with Gasteiger partial charge in [-0.05, 0) is 48.9 Å². The molecule has 0 bridgehead atoms. The van der Waals surface area contributed by atoms with E-state index < -0.39 is 0 Å². The van der Waals surface area contributed by atoms with E-state index in [9.17, 15) is 0 Å². The molecule has 0 amide bonds. The van der Waals surface area contributed by atoms with Gasteiger partial charge in [0.2, 0.25) is 0 Å². The maximum absolute atomic E-state index is 5.84. The summed E-state index contributed by atoms with van der Waals surface area (Å²) >= 11 is 3.60. The Balaban J connectivity index is 2.22. The third-order valence-electron chi connectivity index (χ3n) is 3.48. The Morgan fingerprint density at radius 1 is 1.53 bits per heavy atom. The first-order chi connectivity index (χ1) is 8.00. The zero-order valence-electron chi connectivity index (χ0n) is 10.6. The van der Waals surface area contributed by atoms with Crippen LogP contribution in [0.3, 0.4) is 0 Å². The summed E-state index contributed by atoms with van der Waals surface area (Å²) in [6.45, 7) is 4.10. The topological polar surface area (TPSA) is 45.4 Å². The van der Waals surface area contributed by atoms with Crippen LogP contribution in [0.1, 0.15) is 12.0 Å². The Kier molecular flexibility index (Phi) is 3.58. The van der Waals surface area contributed by atoms with E-state index in [1.165, 1.54) is 6.42 Å². The van der Waals surface area contributed by atoms with Gasteiger partial charge in [0.1, 0.15) is 5.82 Å². The lowest BCUT2D eigenvalue weighted by atomic mass is 10.2. The normalized spacial score (nSPS) is 20.3. The fraction of sp³-hybridized carbons (Fsp3) is 0.583. The maximum Gasteiger partial charge on any atom is 0.143 e. The van der Waals surface area contributed by atoms with Gasteiger partial charge in [0.15, 0.2) is 0 Å². The highest BCUT2D eigenvalue weighted by atomic mass is 79.9. The summed E-state index contributed by atoms with van der Waals surface area (Å²) in [4.78, 5) is 9.05. The van der Waals surface area contributed by atoms with Gasteiger partial charge in [-0.1, -0.05) is 0 Å². The molecule has 1 aliphatic heterocycles. The summed E-state index contributed by atoms with van der Waals surface area (Å²) in [5.74, 6) is 1.01. The molecule has 1 aromatic heterocycles. The number of rotatable bonds is 2. The van der Waals surface area contributed by atoms with Crippen LogP contribution in [0.25, 0.3) is 0 Å². The Hall–Kier alpha value is -0.810. The van der Waals surface area contributed by atoms with Crippen molar-refractivity contribution >= 4 is 27.4 Å². The maximum atomic E-state index is 5.84. The number of hydrogen-bond donors (Lipinski definition) is 1. The summed E-state index contributed by atoms with van der Waals surface area (Å²) in [6.07, 6.45) is 2.93. The highest BCUT2D eigenvalue weighted by Crippen LogP contribution is 2.32. The van der Waals surface area contributed by atoms with Crippen LogP contribution in [0.2, 0.25) is 0 Å². The molecular formula is C12H19BrN4. The molecule has 1 fully saturated rings. The zero-order valence-corrected chi connectivity index (χ0v) is 12.2. The molecule has 2 heterocycles. The molecule has 1 aromatic rings. The van der Waals surface area contributed by atoms with Crippen molar-refractivity contribution in [1.29, 1.82) is 0 Å². The molecule has 2 N–H and O–H groups in total. The van der Waals surface area contributed by atoms with Crippen molar-refractivity contribution in [2.45, 2.75) is 19.4 Å². The van der Waals surface area contributed by atoms with Gasteiger partial charge >= 0.3 is 0 Å². The lowest BCUT2D eigenvalue weighted by Gasteiger charge is -2.22. The summed E-state index contributed by atoms with van der Waals surface area (Å²) in [5, 5.41) is 0. The first kappa shape index (κ1) is 12.6. The monoisotopic (exact) mass is 298 g/mol. The van der Waals surface area contributed by atoms with Crippen LogP contribution >= 0.6 is 15.9 Å². The summed E-state index contributed by atoms with van der Waals surface area (Å²) in [5.41, 5.74) is 7.66. The van der Waals surface area contributed by atoms with Crippen LogP contribution < -0.4 is 10.6 Å². The lowest BCUT2D eigenvalue weighted by Crippen LogP contribution is -2.31. The van der Waals surface area contributed by atoms with E-state index in [-0.39, 0.29) is 0 Å². The van der Waals surface area contributed by atoms with Gasteiger partial charge < -0.3 is 15.5 Å². The second-order valence-electron chi connectivity index (χ2n) is 4.83. The molecule has 1 saturated heterocycles. The molecule has 5 heteroatoms. The van der Waals surface area contributed by atoms with Gasteiger partial charge in [0.25, 0.3) is 0 Å². The van der Waals surface area contributed by atoms with Crippen LogP contribution in [-0.4, -0.2) is 43.1 Å². The predicted octanol–water partition coefficient (Wildman–Crippen LogP) is 1.88. The molecule has 0 saturated carbocycles. The van der Waals surface area contributed by atoms with Gasteiger partial charge in [-0.25, -0.2) is 4.98 Å². The van der Waals surface area contributed by atoms with Crippen LogP contribution in [0.4, 0.5) is 11.5 Å². The molecule has 2 rings (SSSR count). The number of aromatic nitrogens is 1. The van der Waals surface area contributed by atoms with Crippen LogP contribution in [-0.2, 0) is 0 Å². The van der Waals surface area contributed by atoms with Crippen molar-refractivity contribution in [3.8, 4) is 0 Å². The quantitative estimate of drug-likeness (QED) is 0.905. The standard InChI is InChI=1S/C12H19BrN4/c1-8-10(14)6-15-12(11(8)13)17-5-4-9(7-17)16(2)3/h6,9H,4-5,7,14H2,1-3H3. The molecular weight excluding hydrogens is 280 g/mol. The number of nitrogens with zero attached hydrogens (tertiary/aromatic N) is 3. The molecule has 1 aliphatic rings. The number of anilines is 2. The average molecular weight is 299 g/mol. The van der Waals surface area contributed by atoms with Gasteiger partial charge in [-0.15, -0.1) is 0 Å². The first-order valence-electron chi connectivity index (χ1n) is 5.82. The van der Waals surface area contributed by atoms with E-state index in [4.69, 9.17) is 5.73 Å². The second kappa shape index (κ2) is 4.82. The van der Waals surface area contributed by atoms with Crippen molar-refractivity contribution < 1.29 is 0 Å². The molecule has 94 valence electrons. The fourth-order valence-corrected chi connectivity index (χ4v) is 2.74. The van der Waals surface area contributed by atoms with Crippen molar-refractivity contribution in [2.24, 2.45) is 0 Å². The second-order valence-corrected chi connectivity index (χ2v) is 5.62. The average Bonchev–Trinajstić information content (AvgIpc) is 2.75. The zero-order chi connectivity index (χ0) is 12.6. The van der Waals surface area contributed by atoms with E-state index in [0.717, 1.165) is 34.6 Å². The minimum Gasteiger partial charge on any atom is -0.397 e. The third kappa shape index (κ3) is 2.40. The Morgan fingerprint density at radius 3 is 2.82 bits per heavy atom. The van der Waals surface area contributed by atoms with Crippen LogP contribution in [0.5, 0.6) is 0 Å². The molecule has 17 heavy (non-hydrogen) atoms. The smallest absolute Gasteiger partial charge is 0.143 e. The minimum atomic E-state index is 0.613. The Morgan fingerprint density at radius 2 is 2.24 bits per heavy atom. The lowest BCUT2D eigenvalue weighted by molar-refractivity contribution is 0.315. The van der Waals surface area contributed by atoms with Crippen LogP contribution in [0.15, 0.2) is 10.7 Å². The molecule has 1 atom stereocenters. The number of pyridine rings is 1. The van der Waals surface area contributed by atoms with Gasteiger partial charge in [0.05, 0.1) is 16.4 Å². The summed E-state index contributed by atoms with van der Waals surface area (Å²) < 4.78 is 1.02. The van der Waals surface area contributed by atoms with Gasteiger partial charge in [-0.3, -0.25) is 0 Å².